The van der Waals surface area contributed by atoms with Gasteiger partial charge >= 0.3 is 0 Å². The Morgan fingerprint density at radius 1 is 0.750 bits per heavy atom. The lowest BCUT2D eigenvalue weighted by molar-refractivity contribution is 0.604. The van der Waals surface area contributed by atoms with E-state index in [-0.39, 0.29) is 4.90 Å². The third-order valence-corrected chi connectivity index (χ3v) is 5.85. The minimum Gasteiger partial charge on any atom is -0.341 e. The van der Waals surface area contributed by atoms with Gasteiger partial charge in [-0.05, 0) is 67.6 Å². The summed E-state index contributed by atoms with van der Waals surface area (Å²) in [4.78, 5) is 0.214. The van der Waals surface area contributed by atoms with Gasteiger partial charge in [-0.2, -0.15) is 0 Å². The van der Waals surface area contributed by atoms with E-state index in [4.69, 9.17) is 23.2 Å². The molecule has 7 heteroatoms. The molecule has 0 saturated carbocycles. The topological polar surface area (TPSA) is 58.2 Å². The molecule has 0 saturated heterocycles. The van der Waals surface area contributed by atoms with Gasteiger partial charge in [-0.1, -0.05) is 40.9 Å². The predicted molar refractivity (Wildman–Crippen MR) is 117 cm³/mol. The van der Waals surface area contributed by atoms with Gasteiger partial charge in [0.05, 0.1) is 10.3 Å². The summed E-state index contributed by atoms with van der Waals surface area (Å²) in [6.45, 7) is 1.90. The smallest absolute Gasteiger partial charge is 0.203 e. The zero-order valence-corrected chi connectivity index (χ0v) is 17.3. The number of hydrogen-bond donors (Lipinski definition) is 2. The van der Waals surface area contributed by atoms with Crippen LogP contribution in [0, 0.1) is 6.92 Å². The molecule has 0 amide bonds. The van der Waals surface area contributed by atoms with Crippen LogP contribution in [0.1, 0.15) is 5.56 Å². The Morgan fingerprint density at radius 2 is 1.18 bits per heavy atom. The van der Waals surface area contributed by atoms with E-state index in [1.54, 1.807) is 72.8 Å². The Morgan fingerprint density at radius 3 is 1.61 bits per heavy atom. The largest absolute Gasteiger partial charge is 0.341 e. The van der Waals surface area contributed by atoms with Crippen LogP contribution in [0.3, 0.4) is 0 Å². The fourth-order valence-electron chi connectivity index (χ4n) is 2.42. The monoisotopic (exact) mass is 432 g/mol. The summed E-state index contributed by atoms with van der Waals surface area (Å²) in [6, 6.07) is 20.6. The van der Waals surface area contributed by atoms with Crippen LogP contribution in [0.5, 0.6) is 0 Å². The van der Waals surface area contributed by atoms with Crippen molar-refractivity contribution in [2.45, 2.75) is 11.8 Å². The van der Waals surface area contributed by atoms with Gasteiger partial charge in [0.25, 0.3) is 0 Å². The molecule has 0 radical (unpaired) electrons. The third-order valence-electron chi connectivity index (χ3n) is 3.87. The summed E-state index contributed by atoms with van der Waals surface area (Å²) >= 11 is 11.9. The lowest BCUT2D eigenvalue weighted by Crippen LogP contribution is -2.12. The van der Waals surface area contributed by atoms with Gasteiger partial charge in [-0.25, -0.2) is 8.42 Å². The summed E-state index contributed by atoms with van der Waals surface area (Å²) in [7, 11) is -3.67. The Kier molecular flexibility index (Phi) is 6.29. The number of sulfone groups is 1. The first-order chi connectivity index (χ1) is 13.3. The number of nitrogens with one attached hydrogen (secondary N) is 2. The van der Waals surface area contributed by atoms with Crippen LogP contribution in [0.2, 0.25) is 10.0 Å². The molecule has 0 aromatic heterocycles. The van der Waals surface area contributed by atoms with Crippen LogP contribution in [0.25, 0.3) is 0 Å². The number of anilines is 2. The van der Waals surface area contributed by atoms with Crippen molar-refractivity contribution in [1.29, 1.82) is 0 Å². The van der Waals surface area contributed by atoms with Crippen molar-refractivity contribution in [3.63, 3.8) is 0 Å². The summed E-state index contributed by atoms with van der Waals surface area (Å²) < 4.78 is 25.7. The first kappa shape index (κ1) is 20.3. The van der Waals surface area contributed by atoms with E-state index in [2.05, 4.69) is 10.6 Å². The highest BCUT2D eigenvalue weighted by Gasteiger charge is 2.14. The summed E-state index contributed by atoms with van der Waals surface area (Å²) in [6.07, 6.45) is 0. The molecular formula is C21H18Cl2N2O2S. The van der Waals surface area contributed by atoms with E-state index in [0.29, 0.717) is 27.2 Å². The molecule has 2 N–H and O–H groups in total. The molecule has 4 nitrogen and oxygen atoms in total. The van der Waals surface area contributed by atoms with E-state index in [1.807, 2.05) is 6.92 Å². The number of hydrogen-bond acceptors (Lipinski definition) is 4. The van der Waals surface area contributed by atoms with Gasteiger partial charge in [0.1, 0.15) is 5.82 Å². The molecular weight excluding hydrogens is 415 g/mol. The van der Waals surface area contributed by atoms with Crippen molar-refractivity contribution in [3.8, 4) is 0 Å². The normalized spacial score (nSPS) is 11.0. The zero-order chi connectivity index (χ0) is 20.1. The Balaban J connectivity index is 1.95. The molecule has 0 aliphatic carbocycles. The van der Waals surface area contributed by atoms with Gasteiger partial charge in [-0.15, -0.1) is 0 Å². The highest BCUT2D eigenvalue weighted by molar-refractivity contribution is 7.94. The quantitative estimate of drug-likeness (QED) is 0.493. The van der Waals surface area contributed by atoms with Crippen molar-refractivity contribution in [3.05, 3.63) is 99.6 Å². The Labute approximate surface area is 174 Å². The van der Waals surface area contributed by atoms with Crippen LogP contribution in [0.4, 0.5) is 11.4 Å². The highest BCUT2D eigenvalue weighted by Crippen LogP contribution is 2.21. The number of aryl methyl sites for hydroxylation is 1. The maximum atomic E-state index is 12.8. The summed E-state index contributed by atoms with van der Waals surface area (Å²) in [5.41, 5.74) is 2.37. The van der Waals surface area contributed by atoms with E-state index in [0.717, 1.165) is 5.56 Å². The lowest BCUT2D eigenvalue weighted by atomic mass is 10.2. The average Bonchev–Trinajstić information content (AvgIpc) is 2.65. The molecule has 0 aliphatic rings. The molecule has 0 heterocycles. The third kappa shape index (κ3) is 5.52. The fourth-order valence-corrected chi connectivity index (χ4v) is 3.75. The molecule has 144 valence electrons. The van der Waals surface area contributed by atoms with E-state index in [9.17, 15) is 8.42 Å². The van der Waals surface area contributed by atoms with Crippen LogP contribution >= 0.6 is 23.2 Å². The molecule has 3 aromatic carbocycles. The van der Waals surface area contributed by atoms with Crippen LogP contribution in [-0.2, 0) is 9.84 Å². The number of benzene rings is 3. The van der Waals surface area contributed by atoms with Crippen molar-refractivity contribution in [2.75, 3.05) is 10.6 Å². The predicted octanol–water partition coefficient (Wildman–Crippen LogP) is 6.10. The second-order valence-electron chi connectivity index (χ2n) is 6.15. The second-order valence-corrected chi connectivity index (χ2v) is 8.82. The van der Waals surface area contributed by atoms with Gasteiger partial charge in [0.15, 0.2) is 0 Å². The number of halogens is 2. The number of rotatable bonds is 6. The minimum absolute atomic E-state index is 0.214. The van der Waals surface area contributed by atoms with Crippen molar-refractivity contribution >= 4 is 44.4 Å². The lowest BCUT2D eigenvalue weighted by Gasteiger charge is -2.14. The van der Waals surface area contributed by atoms with E-state index >= 15 is 0 Å². The average molecular weight is 433 g/mol. The first-order valence-corrected chi connectivity index (χ1v) is 10.7. The van der Waals surface area contributed by atoms with Gasteiger partial charge in [0, 0.05) is 21.4 Å². The molecule has 28 heavy (non-hydrogen) atoms. The first-order valence-electron chi connectivity index (χ1n) is 8.40. The minimum atomic E-state index is -3.67. The SMILES string of the molecule is Cc1ccc(S(=O)(=O)C=C(Nc2ccc(Cl)cc2)Nc2ccc(Cl)cc2)cc1. The molecule has 0 fully saturated rings. The molecule has 3 aromatic rings. The molecule has 0 aliphatic heterocycles. The van der Waals surface area contributed by atoms with Crippen LogP contribution in [-0.4, -0.2) is 8.42 Å². The summed E-state index contributed by atoms with van der Waals surface area (Å²) in [5.74, 6) is 0.296. The van der Waals surface area contributed by atoms with Gasteiger partial charge in [0.2, 0.25) is 9.84 Å². The van der Waals surface area contributed by atoms with E-state index < -0.39 is 9.84 Å². The fraction of sp³-hybridized carbons (Fsp3) is 0.0476. The maximum Gasteiger partial charge on any atom is 0.203 e. The van der Waals surface area contributed by atoms with Crippen LogP contribution < -0.4 is 10.6 Å². The van der Waals surface area contributed by atoms with Crippen LogP contribution in [0.15, 0.2) is 88.9 Å². The van der Waals surface area contributed by atoms with Gasteiger partial charge < -0.3 is 10.6 Å². The molecule has 0 atom stereocenters. The Hall–Kier alpha value is -2.47. The second kappa shape index (κ2) is 8.69. The summed E-state index contributed by atoms with van der Waals surface area (Å²) in [5, 5.41) is 8.52. The molecule has 0 unspecified atom stereocenters. The highest BCUT2D eigenvalue weighted by atomic mass is 35.5. The van der Waals surface area contributed by atoms with E-state index in [1.165, 1.54) is 5.41 Å². The zero-order valence-electron chi connectivity index (χ0n) is 15.0. The van der Waals surface area contributed by atoms with Crippen molar-refractivity contribution in [2.24, 2.45) is 0 Å². The van der Waals surface area contributed by atoms with Crippen molar-refractivity contribution in [1.82, 2.24) is 0 Å². The van der Waals surface area contributed by atoms with Crippen molar-refractivity contribution < 1.29 is 8.42 Å². The molecule has 3 rings (SSSR count). The standard InChI is InChI=1S/C21H18Cl2N2O2S/c1-15-2-12-20(13-3-15)28(26,27)14-21(24-18-8-4-16(22)5-9-18)25-19-10-6-17(23)7-11-19/h2-14,24-25H,1H3. The maximum absolute atomic E-state index is 12.8. The molecule has 0 spiro atoms. The Bertz CT molecular complexity index is 1030. The molecule has 0 bridgehead atoms. The van der Waals surface area contributed by atoms with Gasteiger partial charge in [-0.3, -0.25) is 0 Å².